The number of anilines is 1. The molecule has 0 saturated heterocycles. The van der Waals surface area contributed by atoms with Gasteiger partial charge in [-0.05, 0) is 31.0 Å². The molecule has 1 aromatic carbocycles. The molecular formula is C14H18FN3. The fraction of sp³-hybridized carbons (Fsp3) is 0.357. The van der Waals surface area contributed by atoms with E-state index in [-0.39, 0.29) is 5.82 Å². The molecule has 0 aliphatic rings. The minimum Gasteiger partial charge on any atom is -0.384 e. The van der Waals surface area contributed by atoms with E-state index in [0.717, 1.165) is 35.2 Å². The number of nitrogen functional groups attached to an aromatic ring is 1. The molecule has 0 radical (unpaired) electrons. The van der Waals surface area contributed by atoms with E-state index in [1.165, 1.54) is 12.1 Å². The molecule has 1 heterocycles. The van der Waals surface area contributed by atoms with Gasteiger partial charge in [-0.3, -0.25) is 4.68 Å². The van der Waals surface area contributed by atoms with Crippen LogP contribution in [-0.4, -0.2) is 9.78 Å². The van der Waals surface area contributed by atoms with Gasteiger partial charge in [0.2, 0.25) is 0 Å². The predicted octanol–water partition coefficient (Wildman–Crippen LogP) is 3.07. The molecule has 18 heavy (non-hydrogen) atoms. The summed E-state index contributed by atoms with van der Waals surface area (Å²) in [4.78, 5) is 0. The second-order valence-electron chi connectivity index (χ2n) is 4.55. The first-order valence-corrected chi connectivity index (χ1v) is 6.12. The average Bonchev–Trinajstić information content (AvgIpc) is 2.61. The van der Waals surface area contributed by atoms with Gasteiger partial charge in [0.25, 0.3) is 0 Å². The first kappa shape index (κ1) is 12.6. The van der Waals surface area contributed by atoms with Crippen LogP contribution in [-0.2, 0) is 13.5 Å². The lowest BCUT2D eigenvalue weighted by Crippen LogP contribution is -1.99. The summed E-state index contributed by atoms with van der Waals surface area (Å²) in [6.07, 6.45) is 1.84. The first-order chi connectivity index (χ1) is 8.54. The summed E-state index contributed by atoms with van der Waals surface area (Å²) in [5.41, 5.74) is 9.66. The van der Waals surface area contributed by atoms with E-state index >= 15 is 0 Å². The third-order valence-corrected chi connectivity index (χ3v) is 3.15. The summed E-state index contributed by atoms with van der Waals surface area (Å²) < 4.78 is 15.0. The quantitative estimate of drug-likeness (QED) is 0.905. The minimum atomic E-state index is -0.248. The first-order valence-electron chi connectivity index (χ1n) is 6.12. The smallest absolute Gasteiger partial charge is 0.125 e. The molecule has 0 amide bonds. The second-order valence-corrected chi connectivity index (χ2v) is 4.55. The normalized spacial score (nSPS) is 10.9. The van der Waals surface area contributed by atoms with Crippen molar-refractivity contribution in [3.8, 4) is 11.3 Å². The van der Waals surface area contributed by atoms with Gasteiger partial charge < -0.3 is 5.73 Å². The Morgan fingerprint density at radius 2 is 2.11 bits per heavy atom. The summed E-state index contributed by atoms with van der Waals surface area (Å²) >= 11 is 0. The van der Waals surface area contributed by atoms with E-state index in [1.54, 1.807) is 10.7 Å². The van der Waals surface area contributed by atoms with Crippen molar-refractivity contribution < 1.29 is 4.39 Å². The standard InChI is InChI=1S/C14H18FN3/c1-4-5-11-13(17-18(3)14(11)16)12-8-10(15)7-6-9(12)2/h6-8H,4-5,16H2,1-3H3. The maximum Gasteiger partial charge on any atom is 0.125 e. The lowest BCUT2D eigenvalue weighted by Gasteiger charge is -2.06. The van der Waals surface area contributed by atoms with E-state index in [9.17, 15) is 4.39 Å². The number of benzene rings is 1. The number of rotatable bonds is 3. The number of aromatic nitrogens is 2. The topological polar surface area (TPSA) is 43.8 Å². The third kappa shape index (κ3) is 2.10. The molecule has 0 fully saturated rings. The molecule has 1 aromatic heterocycles. The summed E-state index contributed by atoms with van der Waals surface area (Å²) in [5, 5.41) is 4.43. The number of hydrogen-bond donors (Lipinski definition) is 1. The molecule has 2 aromatic rings. The zero-order chi connectivity index (χ0) is 13.3. The number of nitrogens with zero attached hydrogens (tertiary/aromatic N) is 2. The number of hydrogen-bond acceptors (Lipinski definition) is 2. The Kier molecular flexibility index (Phi) is 3.36. The van der Waals surface area contributed by atoms with Crippen LogP contribution < -0.4 is 5.73 Å². The molecule has 0 aliphatic carbocycles. The zero-order valence-electron chi connectivity index (χ0n) is 11.0. The molecule has 0 saturated carbocycles. The summed E-state index contributed by atoms with van der Waals surface area (Å²) in [7, 11) is 1.81. The van der Waals surface area contributed by atoms with Crippen LogP contribution in [0.4, 0.5) is 10.2 Å². The van der Waals surface area contributed by atoms with Crippen LogP contribution in [0.3, 0.4) is 0 Å². The lowest BCUT2D eigenvalue weighted by molar-refractivity contribution is 0.627. The van der Waals surface area contributed by atoms with Crippen molar-refractivity contribution in [2.45, 2.75) is 26.7 Å². The van der Waals surface area contributed by atoms with Gasteiger partial charge in [0.1, 0.15) is 11.6 Å². The highest BCUT2D eigenvalue weighted by Gasteiger charge is 2.16. The van der Waals surface area contributed by atoms with Crippen LogP contribution in [0.25, 0.3) is 11.3 Å². The minimum absolute atomic E-state index is 0.248. The van der Waals surface area contributed by atoms with Crippen LogP contribution in [0.15, 0.2) is 18.2 Å². The highest BCUT2D eigenvalue weighted by Crippen LogP contribution is 2.30. The van der Waals surface area contributed by atoms with Gasteiger partial charge in [0, 0.05) is 18.2 Å². The summed E-state index contributed by atoms with van der Waals surface area (Å²) in [5.74, 6) is 0.415. The third-order valence-electron chi connectivity index (χ3n) is 3.15. The van der Waals surface area contributed by atoms with Crippen LogP contribution in [0.5, 0.6) is 0 Å². The van der Waals surface area contributed by atoms with Crippen molar-refractivity contribution in [3.63, 3.8) is 0 Å². The molecule has 4 heteroatoms. The van der Waals surface area contributed by atoms with Gasteiger partial charge in [-0.1, -0.05) is 19.4 Å². The van der Waals surface area contributed by atoms with E-state index in [1.807, 2.05) is 14.0 Å². The molecule has 0 atom stereocenters. The van der Waals surface area contributed by atoms with E-state index in [4.69, 9.17) is 5.73 Å². The van der Waals surface area contributed by atoms with E-state index < -0.39 is 0 Å². The van der Waals surface area contributed by atoms with Crippen molar-refractivity contribution in [3.05, 3.63) is 35.1 Å². The van der Waals surface area contributed by atoms with Crippen molar-refractivity contribution in [2.75, 3.05) is 5.73 Å². The highest BCUT2D eigenvalue weighted by atomic mass is 19.1. The van der Waals surface area contributed by atoms with Gasteiger partial charge in [0.15, 0.2) is 0 Å². The lowest BCUT2D eigenvalue weighted by atomic mass is 10.00. The molecule has 2 N–H and O–H groups in total. The van der Waals surface area contributed by atoms with Gasteiger partial charge in [0.05, 0.1) is 5.69 Å². The van der Waals surface area contributed by atoms with Gasteiger partial charge in [-0.2, -0.15) is 5.10 Å². The van der Waals surface area contributed by atoms with Gasteiger partial charge in [-0.15, -0.1) is 0 Å². The Hall–Kier alpha value is -1.84. The fourth-order valence-corrected chi connectivity index (χ4v) is 2.14. The Labute approximate surface area is 106 Å². The maximum absolute atomic E-state index is 13.4. The molecule has 0 bridgehead atoms. The van der Waals surface area contributed by atoms with Crippen molar-refractivity contribution in [1.29, 1.82) is 0 Å². The van der Waals surface area contributed by atoms with Gasteiger partial charge in [-0.25, -0.2) is 4.39 Å². The summed E-state index contributed by atoms with van der Waals surface area (Å²) in [6.45, 7) is 4.05. The molecule has 96 valence electrons. The van der Waals surface area contributed by atoms with Gasteiger partial charge >= 0.3 is 0 Å². The van der Waals surface area contributed by atoms with Crippen molar-refractivity contribution in [1.82, 2.24) is 9.78 Å². The zero-order valence-corrected chi connectivity index (χ0v) is 11.0. The molecular weight excluding hydrogens is 229 g/mol. The van der Waals surface area contributed by atoms with Crippen LogP contribution in [0.2, 0.25) is 0 Å². The van der Waals surface area contributed by atoms with Crippen molar-refractivity contribution in [2.24, 2.45) is 7.05 Å². The molecule has 0 spiro atoms. The number of aryl methyl sites for hydroxylation is 2. The van der Waals surface area contributed by atoms with Crippen LogP contribution >= 0.6 is 0 Å². The number of nitrogens with two attached hydrogens (primary N) is 1. The number of halogens is 1. The maximum atomic E-state index is 13.4. The molecule has 0 unspecified atom stereocenters. The Morgan fingerprint density at radius 3 is 2.78 bits per heavy atom. The SMILES string of the molecule is CCCc1c(-c2cc(F)ccc2C)nn(C)c1N. The van der Waals surface area contributed by atoms with E-state index in [2.05, 4.69) is 12.0 Å². The van der Waals surface area contributed by atoms with Crippen LogP contribution in [0, 0.1) is 12.7 Å². The molecule has 0 aliphatic heterocycles. The Bertz CT molecular complexity index is 573. The average molecular weight is 247 g/mol. The van der Waals surface area contributed by atoms with Crippen molar-refractivity contribution >= 4 is 5.82 Å². The Balaban J connectivity index is 2.63. The summed E-state index contributed by atoms with van der Waals surface area (Å²) in [6, 6.07) is 4.76. The predicted molar refractivity (Wildman–Crippen MR) is 71.7 cm³/mol. The highest BCUT2D eigenvalue weighted by molar-refractivity contribution is 5.71. The fourth-order valence-electron chi connectivity index (χ4n) is 2.14. The molecule has 2 rings (SSSR count). The van der Waals surface area contributed by atoms with E-state index in [0.29, 0.717) is 5.82 Å². The Morgan fingerprint density at radius 1 is 1.39 bits per heavy atom. The second kappa shape index (κ2) is 4.80. The molecule has 3 nitrogen and oxygen atoms in total. The van der Waals surface area contributed by atoms with Crippen LogP contribution in [0.1, 0.15) is 24.5 Å². The largest absolute Gasteiger partial charge is 0.384 e. The monoisotopic (exact) mass is 247 g/mol.